The molecule has 0 aliphatic carbocycles. The van der Waals surface area contributed by atoms with Crippen molar-refractivity contribution in [2.45, 2.75) is 12.8 Å². The molecule has 0 N–H and O–H groups in total. The van der Waals surface area contributed by atoms with Crippen molar-refractivity contribution < 1.29 is 4.74 Å². The van der Waals surface area contributed by atoms with Crippen LogP contribution in [0, 0.1) is 17.2 Å². The highest BCUT2D eigenvalue weighted by molar-refractivity contribution is 5.88. The van der Waals surface area contributed by atoms with Crippen LogP contribution < -0.4 is 4.74 Å². The molecule has 1 saturated heterocycles. The van der Waals surface area contributed by atoms with Gasteiger partial charge in [-0.2, -0.15) is 5.26 Å². The van der Waals surface area contributed by atoms with Crippen molar-refractivity contribution in [1.29, 1.82) is 5.26 Å². The van der Waals surface area contributed by atoms with E-state index in [2.05, 4.69) is 48.8 Å². The van der Waals surface area contributed by atoms with Crippen LogP contribution in [0.3, 0.4) is 0 Å². The van der Waals surface area contributed by atoms with E-state index in [0.29, 0.717) is 18.1 Å². The van der Waals surface area contributed by atoms with Crippen molar-refractivity contribution in [1.82, 2.24) is 34.3 Å². The van der Waals surface area contributed by atoms with E-state index in [1.807, 2.05) is 49.8 Å². The third-order valence-electron chi connectivity index (χ3n) is 6.90. The SMILES string of the molecule is CN1CCC[C@@H](COc2cc(-c3ccc(C#N)cc3)c(-c3cnc4c(c3)nnn4C)n3cncc23)C1. The van der Waals surface area contributed by atoms with E-state index in [1.54, 1.807) is 11.0 Å². The number of nitriles is 1. The predicted octanol–water partition coefficient (Wildman–Crippen LogP) is 3.94. The highest BCUT2D eigenvalue weighted by Gasteiger charge is 2.21. The van der Waals surface area contributed by atoms with Gasteiger partial charge in [-0.25, -0.2) is 14.6 Å². The summed E-state index contributed by atoms with van der Waals surface area (Å²) >= 11 is 0. The lowest BCUT2D eigenvalue weighted by Crippen LogP contribution is -2.34. The zero-order valence-corrected chi connectivity index (χ0v) is 20.3. The molecule has 5 aromatic rings. The van der Waals surface area contributed by atoms with Crippen LogP contribution in [-0.4, -0.2) is 61.0 Å². The standard InChI is InChI=1S/C27H26N8O/c1-33-9-3-4-19(15-33)16-36-25-11-22(20-7-5-18(12-28)6-8-20)26(35-17-29-14-24(25)35)21-10-23-27(30-13-21)34(2)32-31-23/h5-8,10-11,13-14,17,19H,3-4,9,15-16H2,1-2H3/t19-/m1/s1. The molecule has 0 spiro atoms. The number of ether oxygens (including phenoxy) is 1. The molecule has 180 valence electrons. The summed E-state index contributed by atoms with van der Waals surface area (Å²) in [4.78, 5) is 11.5. The fraction of sp³-hybridized carbons (Fsp3) is 0.296. The molecule has 1 aliphatic rings. The summed E-state index contributed by atoms with van der Waals surface area (Å²) in [5.74, 6) is 1.28. The Morgan fingerprint density at radius 2 is 1.97 bits per heavy atom. The zero-order valence-electron chi connectivity index (χ0n) is 20.3. The molecule has 0 bridgehead atoms. The Morgan fingerprint density at radius 3 is 2.78 bits per heavy atom. The van der Waals surface area contributed by atoms with E-state index in [9.17, 15) is 5.26 Å². The maximum absolute atomic E-state index is 9.30. The summed E-state index contributed by atoms with van der Waals surface area (Å²) in [6.07, 6.45) is 7.85. The Hall–Kier alpha value is -4.29. The van der Waals surface area contributed by atoms with Crippen LogP contribution in [0.5, 0.6) is 5.75 Å². The summed E-state index contributed by atoms with van der Waals surface area (Å²) in [7, 11) is 4.00. The molecule has 0 saturated carbocycles. The van der Waals surface area contributed by atoms with E-state index < -0.39 is 0 Å². The fourth-order valence-electron chi connectivity index (χ4n) is 5.09. The van der Waals surface area contributed by atoms with Gasteiger partial charge in [0.25, 0.3) is 0 Å². The second-order valence-electron chi connectivity index (χ2n) is 9.47. The third kappa shape index (κ3) is 3.95. The third-order valence-corrected chi connectivity index (χ3v) is 6.90. The number of likely N-dealkylation sites (tertiary alicyclic amines) is 1. The minimum Gasteiger partial charge on any atom is -0.491 e. The van der Waals surface area contributed by atoms with E-state index in [1.165, 1.54) is 12.8 Å². The average Bonchev–Trinajstić information content (AvgIpc) is 3.54. The lowest BCUT2D eigenvalue weighted by molar-refractivity contribution is 0.151. The monoisotopic (exact) mass is 478 g/mol. The number of aryl methyl sites for hydroxylation is 1. The number of hydrogen-bond donors (Lipinski definition) is 0. The minimum absolute atomic E-state index is 0.494. The first-order valence-corrected chi connectivity index (χ1v) is 12.1. The van der Waals surface area contributed by atoms with Gasteiger partial charge in [-0.3, -0.25) is 4.40 Å². The molecule has 9 nitrogen and oxygen atoms in total. The van der Waals surface area contributed by atoms with Crippen molar-refractivity contribution in [2.75, 3.05) is 26.7 Å². The summed E-state index contributed by atoms with van der Waals surface area (Å²) in [5, 5.41) is 17.7. The molecule has 6 rings (SSSR count). The van der Waals surface area contributed by atoms with Gasteiger partial charge in [0.15, 0.2) is 5.65 Å². The molecule has 0 unspecified atom stereocenters. The molecule has 36 heavy (non-hydrogen) atoms. The second kappa shape index (κ2) is 9.06. The van der Waals surface area contributed by atoms with Crippen LogP contribution in [0.25, 0.3) is 39.1 Å². The quantitative estimate of drug-likeness (QED) is 0.377. The largest absolute Gasteiger partial charge is 0.491 e. The van der Waals surface area contributed by atoms with E-state index in [4.69, 9.17) is 4.74 Å². The van der Waals surface area contributed by atoms with Gasteiger partial charge in [-0.05, 0) is 56.3 Å². The van der Waals surface area contributed by atoms with Gasteiger partial charge in [-0.15, -0.1) is 5.10 Å². The molecule has 1 fully saturated rings. The molecule has 1 aliphatic heterocycles. The lowest BCUT2D eigenvalue weighted by Gasteiger charge is -2.29. The number of benzene rings is 1. The molecule has 5 heterocycles. The zero-order chi connectivity index (χ0) is 24.6. The highest BCUT2D eigenvalue weighted by atomic mass is 16.5. The number of nitrogens with zero attached hydrogens (tertiary/aromatic N) is 8. The molecule has 0 amide bonds. The number of imidazole rings is 1. The number of rotatable bonds is 5. The lowest BCUT2D eigenvalue weighted by atomic mass is 9.98. The topological polar surface area (TPSA) is 97.2 Å². The first-order chi connectivity index (χ1) is 17.6. The number of pyridine rings is 2. The maximum Gasteiger partial charge on any atom is 0.178 e. The fourth-order valence-corrected chi connectivity index (χ4v) is 5.09. The van der Waals surface area contributed by atoms with Crippen LogP contribution in [0.1, 0.15) is 18.4 Å². The van der Waals surface area contributed by atoms with E-state index in [0.717, 1.165) is 57.9 Å². The van der Waals surface area contributed by atoms with Gasteiger partial charge < -0.3 is 9.64 Å². The molecular weight excluding hydrogens is 452 g/mol. The Labute approximate surface area is 208 Å². The maximum atomic E-state index is 9.30. The van der Waals surface area contributed by atoms with Gasteiger partial charge in [-0.1, -0.05) is 17.3 Å². The summed E-state index contributed by atoms with van der Waals surface area (Å²) < 4.78 is 10.2. The van der Waals surface area contributed by atoms with Gasteiger partial charge in [0.1, 0.15) is 16.8 Å². The van der Waals surface area contributed by atoms with Crippen LogP contribution in [0.4, 0.5) is 0 Å². The Bertz CT molecular complexity index is 1590. The van der Waals surface area contributed by atoms with Crippen LogP contribution in [0.15, 0.2) is 55.1 Å². The van der Waals surface area contributed by atoms with Gasteiger partial charge in [0.05, 0.1) is 36.5 Å². The van der Waals surface area contributed by atoms with Crippen LogP contribution >= 0.6 is 0 Å². The Morgan fingerprint density at radius 1 is 1.11 bits per heavy atom. The molecule has 0 radical (unpaired) electrons. The molecule has 1 aromatic carbocycles. The van der Waals surface area contributed by atoms with E-state index >= 15 is 0 Å². The van der Waals surface area contributed by atoms with Crippen molar-refractivity contribution in [3.8, 4) is 34.2 Å². The average molecular weight is 479 g/mol. The first kappa shape index (κ1) is 22.2. The molecular formula is C27H26N8O. The van der Waals surface area contributed by atoms with Crippen molar-refractivity contribution in [3.63, 3.8) is 0 Å². The molecule has 9 heteroatoms. The van der Waals surface area contributed by atoms with Crippen molar-refractivity contribution >= 4 is 16.7 Å². The van der Waals surface area contributed by atoms with Crippen LogP contribution in [-0.2, 0) is 7.05 Å². The first-order valence-electron chi connectivity index (χ1n) is 12.1. The number of hydrogen-bond acceptors (Lipinski definition) is 7. The summed E-state index contributed by atoms with van der Waals surface area (Å²) in [5.41, 5.74) is 6.71. The van der Waals surface area contributed by atoms with Crippen molar-refractivity contribution in [2.24, 2.45) is 13.0 Å². The van der Waals surface area contributed by atoms with Gasteiger partial charge in [0.2, 0.25) is 0 Å². The van der Waals surface area contributed by atoms with Gasteiger partial charge >= 0.3 is 0 Å². The Balaban J connectivity index is 1.49. The normalized spacial score (nSPS) is 16.4. The smallest absolute Gasteiger partial charge is 0.178 e. The molecule has 1 atom stereocenters. The minimum atomic E-state index is 0.494. The second-order valence-corrected chi connectivity index (χ2v) is 9.47. The molecule has 4 aromatic heterocycles. The Kier molecular flexibility index (Phi) is 5.58. The van der Waals surface area contributed by atoms with Gasteiger partial charge in [0, 0.05) is 36.8 Å². The number of piperidine rings is 1. The number of aromatic nitrogens is 6. The van der Waals surface area contributed by atoms with E-state index in [-0.39, 0.29) is 0 Å². The predicted molar refractivity (Wildman–Crippen MR) is 136 cm³/mol. The van der Waals surface area contributed by atoms with Crippen molar-refractivity contribution in [3.05, 3.63) is 60.7 Å². The number of fused-ring (bicyclic) bond motifs is 2. The summed E-state index contributed by atoms with van der Waals surface area (Å²) in [6, 6.07) is 13.9. The van der Waals surface area contributed by atoms with Crippen LogP contribution in [0.2, 0.25) is 0 Å². The highest BCUT2D eigenvalue weighted by Crippen LogP contribution is 2.38. The summed E-state index contributed by atoms with van der Waals surface area (Å²) in [6.45, 7) is 2.84.